The van der Waals surface area contributed by atoms with Crippen molar-refractivity contribution in [2.75, 3.05) is 32.7 Å². The molecule has 2 aliphatic heterocycles. The zero-order valence-electron chi connectivity index (χ0n) is 17.5. The van der Waals surface area contributed by atoms with Gasteiger partial charge in [0, 0.05) is 31.1 Å². The van der Waals surface area contributed by atoms with E-state index in [0.29, 0.717) is 20.1 Å². The van der Waals surface area contributed by atoms with E-state index in [4.69, 9.17) is 46.4 Å². The number of rotatable bonds is 5. The maximum absolute atomic E-state index is 12.5. The Kier molecular flexibility index (Phi) is 7.54. The van der Waals surface area contributed by atoms with Gasteiger partial charge in [-0.15, -0.1) is 0 Å². The highest BCUT2D eigenvalue weighted by molar-refractivity contribution is 6.42. The van der Waals surface area contributed by atoms with Gasteiger partial charge in [0.05, 0.1) is 20.1 Å². The predicted octanol–water partition coefficient (Wildman–Crippen LogP) is 6.95. The number of hydrogen-bond acceptors (Lipinski definition) is 2. The number of nitrogens with zero attached hydrogens (tertiary/aromatic N) is 2. The van der Waals surface area contributed by atoms with Crippen molar-refractivity contribution in [1.82, 2.24) is 9.80 Å². The van der Waals surface area contributed by atoms with Gasteiger partial charge < -0.3 is 4.90 Å². The van der Waals surface area contributed by atoms with Gasteiger partial charge in [-0.25, -0.2) is 0 Å². The van der Waals surface area contributed by atoms with Gasteiger partial charge in [0.15, 0.2) is 0 Å². The Morgan fingerprint density at radius 3 is 1.97 bits per heavy atom. The molecular formula is C25H24Cl4N2O. The number of amides is 1. The Morgan fingerprint density at radius 2 is 1.41 bits per heavy atom. The summed E-state index contributed by atoms with van der Waals surface area (Å²) in [6, 6.07) is 11.0. The molecule has 2 fully saturated rings. The van der Waals surface area contributed by atoms with Gasteiger partial charge in [-0.1, -0.05) is 70.7 Å². The fourth-order valence-electron chi connectivity index (χ4n) is 4.29. The minimum absolute atomic E-state index is 0.0497. The van der Waals surface area contributed by atoms with E-state index >= 15 is 0 Å². The number of carbonyl (C=O) groups excluding carboxylic acids is 1. The third-order valence-electron chi connectivity index (χ3n) is 6.26. The molecule has 0 aromatic heterocycles. The molecule has 2 saturated heterocycles. The second-order valence-corrected chi connectivity index (χ2v) is 10.2. The molecule has 1 spiro atoms. The van der Waals surface area contributed by atoms with Crippen molar-refractivity contribution in [3.05, 3.63) is 79.8 Å². The van der Waals surface area contributed by atoms with Gasteiger partial charge in [-0.2, -0.15) is 0 Å². The molecular weight excluding hydrogens is 486 g/mol. The van der Waals surface area contributed by atoms with Crippen LogP contribution in [0, 0.1) is 5.41 Å². The first-order chi connectivity index (χ1) is 15.3. The summed E-state index contributed by atoms with van der Waals surface area (Å²) in [7, 11) is 0. The van der Waals surface area contributed by atoms with Crippen LogP contribution >= 0.6 is 46.4 Å². The average molecular weight is 510 g/mol. The molecule has 0 unspecified atom stereocenters. The van der Waals surface area contributed by atoms with Crippen LogP contribution in [0.3, 0.4) is 0 Å². The summed E-state index contributed by atoms with van der Waals surface area (Å²) in [4.78, 5) is 16.9. The third-order valence-corrected chi connectivity index (χ3v) is 7.74. The standard InChI is InChI=1S/C25H24Cl4N2O/c26-20-6-3-18(14-22(20)28)2-1-11-30-12-9-25(10-13-30)16-31(17-25)24(32)8-5-19-4-7-21(27)23(29)15-19/h1-8,14-15H,9-13,16-17H2/b2-1+,8-5+. The van der Waals surface area contributed by atoms with E-state index in [9.17, 15) is 4.79 Å². The van der Waals surface area contributed by atoms with E-state index in [1.54, 1.807) is 24.3 Å². The highest BCUT2D eigenvalue weighted by Gasteiger charge is 2.45. The maximum atomic E-state index is 12.5. The summed E-state index contributed by atoms with van der Waals surface area (Å²) in [5.41, 5.74) is 2.19. The van der Waals surface area contributed by atoms with E-state index < -0.39 is 0 Å². The molecule has 0 saturated carbocycles. The van der Waals surface area contributed by atoms with Crippen LogP contribution in [0.4, 0.5) is 0 Å². The number of hydrogen-bond donors (Lipinski definition) is 0. The van der Waals surface area contributed by atoms with Gasteiger partial charge in [0.2, 0.25) is 5.91 Å². The molecule has 2 heterocycles. The number of halogens is 4. The van der Waals surface area contributed by atoms with Crippen LogP contribution in [0.2, 0.25) is 20.1 Å². The first kappa shape index (κ1) is 23.7. The molecule has 0 bridgehead atoms. The highest BCUT2D eigenvalue weighted by Crippen LogP contribution is 2.40. The molecule has 1 amide bonds. The molecule has 2 aliphatic rings. The van der Waals surface area contributed by atoms with Crippen LogP contribution in [-0.4, -0.2) is 48.4 Å². The van der Waals surface area contributed by atoms with Crippen molar-refractivity contribution in [3.63, 3.8) is 0 Å². The molecule has 7 heteroatoms. The summed E-state index contributed by atoms with van der Waals surface area (Å²) in [5.74, 6) is 0.0497. The summed E-state index contributed by atoms with van der Waals surface area (Å²) < 4.78 is 0. The predicted molar refractivity (Wildman–Crippen MR) is 136 cm³/mol. The van der Waals surface area contributed by atoms with Crippen LogP contribution in [-0.2, 0) is 4.79 Å². The largest absolute Gasteiger partial charge is 0.338 e. The molecule has 0 N–H and O–H groups in total. The molecule has 2 aromatic carbocycles. The maximum Gasteiger partial charge on any atom is 0.246 e. The Hall–Kier alpha value is -1.49. The van der Waals surface area contributed by atoms with Gasteiger partial charge in [0.25, 0.3) is 0 Å². The third kappa shape index (κ3) is 5.70. The molecule has 3 nitrogen and oxygen atoms in total. The second-order valence-electron chi connectivity index (χ2n) is 8.58. The van der Waals surface area contributed by atoms with E-state index in [2.05, 4.69) is 17.1 Å². The quantitative estimate of drug-likeness (QED) is 0.407. The number of carbonyl (C=O) groups is 1. The van der Waals surface area contributed by atoms with Gasteiger partial charge >= 0.3 is 0 Å². The molecule has 0 atom stereocenters. The van der Waals surface area contributed by atoms with Gasteiger partial charge in [-0.3, -0.25) is 9.69 Å². The van der Waals surface area contributed by atoms with Gasteiger partial charge in [-0.05, 0) is 67.4 Å². The SMILES string of the molecule is O=C(/C=C/c1ccc(Cl)c(Cl)c1)N1CC2(CCN(C/C=C/c3ccc(Cl)c(Cl)c3)CC2)C1. The highest BCUT2D eigenvalue weighted by atomic mass is 35.5. The molecule has 0 radical (unpaired) electrons. The lowest BCUT2D eigenvalue weighted by Gasteiger charge is -2.53. The Balaban J connectivity index is 1.21. The number of piperidine rings is 1. The van der Waals surface area contributed by atoms with Crippen molar-refractivity contribution in [2.24, 2.45) is 5.41 Å². The summed E-state index contributed by atoms with van der Waals surface area (Å²) >= 11 is 24.0. The second kappa shape index (κ2) is 10.2. The smallest absolute Gasteiger partial charge is 0.246 e. The number of benzene rings is 2. The van der Waals surface area contributed by atoms with E-state index in [-0.39, 0.29) is 11.3 Å². The van der Waals surface area contributed by atoms with Crippen LogP contribution in [0.1, 0.15) is 24.0 Å². The van der Waals surface area contributed by atoms with E-state index in [0.717, 1.165) is 56.7 Å². The van der Waals surface area contributed by atoms with E-state index in [1.807, 2.05) is 29.2 Å². The normalized spacial score (nSPS) is 18.6. The van der Waals surface area contributed by atoms with Crippen molar-refractivity contribution < 1.29 is 4.79 Å². The fourth-order valence-corrected chi connectivity index (χ4v) is 4.90. The summed E-state index contributed by atoms with van der Waals surface area (Å²) in [6.45, 7) is 4.68. The van der Waals surface area contributed by atoms with Gasteiger partial charge in [0.1, 0.15) is 0 Å². The topological polar surface area (TPSA) is 23.6 Å². The number of likely N-dealkylation sites (tertiary alicyclic amines) is 2. The minimum Gasteiger partial charge on any atom is -0.338 e. The molecule has 32 heavy (non-hydrogen) atoms. The molecule has 168 valence electrons. The zero-order valence-corrected chi connectivity index (χ0v) is 20.6. The molecule has 0 aliphatic carbocycles. The lowest BCUT2D eigenvalue weighted by atomic mass is 9.72. The monoisotopic (exact) mass is 508 g/mol. The first-order valence-corrected chi connectivity index (χ1v) is 12.1. The first-order valence-electron chi connectivity index (χ1n) is 10.6. The summed E-state index contributed by atoms with van der Waals surface area (Å²) in [5, 5.41) is 2.14. The van der Waals surface area contributed by atoms with Crippen molar-refractivity contribution in [1.29, 1.82) is 0 Å². The summed E-state index contributed by atoms with van der Waals surface area (Å²) in [6.07, 6.45) is 9.90. The molecule has 2 aromatic rings. The van der Waals surface area contributed by atoms with Crippen molar-refractivity contribution in [2.45, 2.75) is 12.8 Å². The minimum atomic E-state index is 0.0497. The van der Waals surface area contributed by atoms with Crippen molar-refractivity contribution in [3.8, 4) is 0 Å². The van der Waals surface area contributed by atoms with Crippen LogP contribution in [0.25, 0.3) is 12.2 Å². The van der Waals surface area contributed by atoms with Crippen LogP contribution < -0.4 is 0 Å². The van der Waals surface area contributed by atoms with E-state index in [1.165, 1.54) is 0 Å². The van der Waals surface area contributed by atoms with Crippen LogP contribution in [0.5, 0.6) is 0 Å². The Morgan fingerprint density at radius 1 is 0.844 bits per heavy atom. The van der Waals surface area contributed by atoms with Crippen LogP contribution in [0.15, 0.2) is 48.6 Å². The zero-order chi connectivity index (χ0) is 22.7. The lowest BCUT2D eigenvalue weighted by molar-refractivity contribution is -0.141. The Bertz CT molecular complexity index is 1050. The fraction of sp³-hybridized carbons (Fsp3) is 0.320. The molecule has 4 rings (SSSR count). The lowest BCUT2D eigenvalue weighted by Crippen LogP contribution is -2.61. The Labute approximate surface area is 209 Å². The average Bonchev–Trinajstić information content (AvgIpc) is 2.76. The van der Waals surface area contributed by atoms with Crippen molar-refractivity contribution >= 4 is 64.5 Å².